The number of para-hydroxylation sites is 1. The lowest BCUT2D eigenvalue weighted by Gasteiger charge is -2.17. The lowest BCUT2D eigenvalue weighted by molar-refractivity contribution is 0.0911. The molecule has 0 radical (unpaired) electrons. The second-order valence-electron chi connectivity index (χ2n) is 6.03. The molecule has 0 bridgehead atoms. The second kappa shape index (κ2) is 7.98. The fourth-order valence-corrected chi connectivity index (χ4v) is 3.07. The van der Waals surface area contributed by atoms with Gasteiger partial charge in [-0.3, -0.25) is 9.59 Å². The Morgan fingerprint density at radius 2 is 1.88 bits per heavy atom. The van der Waals surface area contributed by atoms with Crippen LogP contribution in [0.2, 0.25) is 0 Å². The molecule has 2 aromatic rings. The van der Waals surface area contributed by atoms with Crippen molar-refractivity contribution in [3.8, 4) is 5.75 Å². The third-order valence-corrected chi connectivity index (χ3v) is 4.14. The average molecular weight is 344 g/mol. The zero-order chi connectivity index (χ0) is 18.6. The Morgan fingerprint density at radius 1 is 1.20 bits per heavy atom. The Labute approximate surface area is 147 Å². The molecular formula is C19H24N2O4. The maximum atomic E-state index is 12.6. The molecule has 1 aromatic carbocycles. The van der Waals surface area contributed by atoms with Gasteiger partial charge < -0.3 is 19.8 Å². The van der Waals surface area contributed by atoms with Crippen molar-refractivity contribution in [3.05, 3.63) is 52.8 Å². The molecule has 0 fully saturated rings. The topological polar surface area (TPSA) is 83.6 Å². The fourth-order valence-electron chi connectivity index (χ4n) is 3.07. The molecule has 0 saturated heterocycles. The predicted molar refractivity (Wildman–Crippen MR) is 95.3 cm³/mol. The Hall–Kier alpha value is -2.60. The van der Waals surface area contributed by atoms with Crippen molar-refractivity contribution in [1.82, 2.24) is 4.57 Å². The van der Waals surface area contributed by atoms with E-state index in [1.54, 1.807) is 31.4 Å². The first-order chi connectivity index (χ1) is 11.9. The first-order valence-electron chi connectivity index (χ1n) is 8.09. The van der Waals surface area contributed by atoms with Gasteiger partial charge in [-0.15, -0.1) is 0 Å². The van der Waals surface area contributed by atoms with Crippen LogP contribution >= 0.6 is 0 Å². The minimum absolute atomic E-state index is 0.128. The van der Waals surface area contributed by atoms with E-state index in [0.29, 0.717) is 17.9 Å². The molecule has 2 N–H and O–H groups in total. The number of rotatable bonds is 8. The predicted octanol–water partition coefficient (Wildman–Crippen LogP) is 2.67. The van der Waals surface area contributed by atoms with Gasteiger partial charge in [0.15, 0.2) is 6.61 Å². The van der Waals surface area contributed by atoms with Crippen molar-refractivity contribution in [2.45, 2.75) is 26.8 Å². The first kappa shape index (κ1) is 18.7. The number of carbonyl (C=O) groups excluding carboxylic acids is 2. The van der Waals surface area contributed by atoms with E-state index >= 15 is 0 Å². The van der Waals surface area contributed by atoms with Crippen LogP contribution in [0.1, 0.15) is 45.1 Å². The third kappa shape index (κ3) is 4.09. The van der Waals surface area contributed by atoms with Gasteiger partial charge in [0, 0.05) is 24.1 Å². The molecule has 0 aliphatic carbocycles. The summed E-state index contributed by atoms with van der Waals surface area (Å²) in [4.78, 5) is 24.0. The minimum atomic E-state index is -0.588. The van der Waals surface area contributed by atoms with E-state index in [1.807, 2.05) is 26.8 Å². The van der Waals surface area contributed by atoms with Crippen LogP contribution in [0.15, 0.2) is 30.3 Å². The number of methoxy groups -OCH3 is 1. The highest BCUT2D eigenvalue weighted by Crippen LogP contribution is 2.22. The molecule has 0 unspecified atom stereocenters. The fraction of sp³-hybridized carbons (Fsp3) is 0.368. The SMILES string of the molecule is COC[C@H](C)n1c(C)cc(C(=O)COc2ccccc2C(N)=O)c1C. The Balaban J connectivity index is 2.17. The molecule has 1 amide bonds. The van der Waals surface area contributed by atoms with E-state index in [2.05, 4.69) is 4.57 Å². The number of Topliss-reactive ketones (excluding diaryl/α,β-unsaturated/α-hetero) is 1. The summed E-state index contributed by atoms with van der Waals surface area (Å²) in [5, 5.41) is 0. The van der Waals surface area contributed by atoms with E-state index in [-0.39, 0.29) is 24.0 Å². The van der Waals surface area contributed by atoms with E-state index in [1.165, 1.54) is 0 Å². The van der Waals surface area contributed by atoms with Crippen molar-refractivity contribution in [2.75, 3.05) is 20.3 Å². The number of amides is 1. The first-order valence-corrected chi connectivity index (χ1v) is 8.09. The summed E-state index contributed by atoms with van der Waals surface area (Å²) < 4.78 is 12.8. The highest BCUT2D eigenvalue weighted by molar-refractivity contribution is 5.99. The van der Waals surface area contributed by atoms with E-state index in [0.717, 1.165) is 11.4 Å². The zero-order valence-electron chi connectivity index (χ0n) is 15.0. The van der Waals surface area contributed by atoms with Crippen molar-refractivity contribution in [2.24, 2.45) is 5.73 Å². The largest absolute Gasteiger partial charge is 0.485 e. The maximum absolute atomic E-state index is 12.6. The quantitative estimate of drug-likeness (QED) is 0.746. The molecule has 134 valence electrons. The number of nitrogens with zero attached hydrogens (tertiary/aromatic N) is 1. The molecule has 25 heavy (non-hydrogen) atoms. The van der Waals surface area contributed by atoms with Crippen molar-refractivity contribution in [1.29, 1.82) is 0 Å². The number of hydrogen-bond acceptors (Lipinski definition) is 4. The van der Waals surface area contributed by atoms with Gasteiger partial charge in [-0.05, 0) is 39.0 Å². The molecule has 0 spiro atoms. The Morgan fingerprint density at radius 3 is 2.52 bits per heavy atom. The lowest BCUT2D eigenvalue weighted by Crippen LogP contribution is -2.18. The number of aromatic nitrogens is 1. The van der Waals surface area contributed by atoms with Gasteiger partial charge in [-0.25, -0.2) is 0 Å². The van der Waals surface area contributed by atoms with E-state index in [4.69, 9.17) is 15.2 Å². The number of carbonyl (C=O) groups is 2. The number of benzene rings is 1. The van der Waals surface area contributed by atoms with Gasteiger partial charge in [-0.1, -0.05) is 12.1 Å². The number of ketones is 1. The highest BCUT2D eigenvalue weighted by Gasteiger charge is 2.19. The van der Waals surface area contributed by atoms with Crippen LogP contribution in [0.25, 0.3) is 0 Å². The number of aryl methyl sites for hydroxylation is 1. The summed E-state index contributed by atoms with van der Waals surface area (Å²) in [7, 11) is 1.65. The molecule has 6 nitrogen and oxygen atoms in total. The molecule has 6 heteroatoms. The minimum Gasteiger partial charge on any atom is -0.485 e. The van der Waals surface area contributed by atoms with Crippen LogP contribution in [-0.2, 0) is 4.74 Å². The summed E-state index contributed by atoms with van der Waals surface area (Å²) in [5.41, 5.74) is 8.05. The van der Waals surface area contributed by atoms with Crippen LogP contribution < -0.4 is 10.5 Å². The molecular weight excluding hydrogens is 320 g/mol. The van der Waals surface area contributed by atoms with Gasteiger partial charge >= 0.3 is 0 Å². The number of ether oxygens (including phenoxy) is 2. The number of primary amides is 1. The van der Waals surface area contributed by atoms with E-state index < -0.39 is 5.91 Å². The highest BCUT2D eigenvalue weighted by atomic mass is 16.5. The van der Waals surface area contributed by atoms with Crippen LogP contribution in [0, 0.1) is 13.8 Å². The zero-order valence-corrected chi connectivity index (χ0v) is 15.0. The summed E-state index contributed by atoms with van der Waals surface area (Å²) >= 11 is 0. The van der Waals surface area contributed by atoms with Gasteiger partial charge in [0.25, 0.3) is 5.91 Å². The molecule has 1 atom stereocenters. The normalized spacial score (nSPS) is 12.0. The molecule has 1 aromatic heterocycles. The van der Waals surface area contributed by atoms with Crippen molar-refractivity contribution in [3.63, 3.8) is 0 Å². The van der Waals surface area contributed by atoms with Crippen molar-refractivity contribution >= 4 is 11.7 Å². The molecule has 0 saturated carbocycles. The standard InChI is InChI=1S/C19H24N2O4/c1-12-9-16(14(3)21(12)13(2)10-24-4)17(22)11-25-18-8-6-5-7-15(18)19(20)23/h5-9,13H,10-11H2,1-4H3,(H2,20,23)/t13-/m0/s1. The lowest BCUT2D eigenvalue weighted by atomic mass is 10.1. The molecule has 2 rings (SSSR count). The number of hydrogen-bond donors (Lipinski definition) is 1. The number of nitrogens with two attached hydrogens (primary N) is 1. The molecule has 0 aliphatic heterocycles. The summed E-state index contributed by atoms with van der Waals surface area (Å²) in [6, 6.07) is 8.60. The van der Waals surface area contributed by atoms with Crippen LogP contribution in [-0.4, -0.2) is 36.6 Å². The monoisotopic (exact) mass is 344 g/mol. The second-order valence-corrected chi connectivity index (χ2v) is 6.03. The van der Waals surface area contributed by atoms with Crippen molar-refractivity contribution < 1.29 is 19.1 Å². The maximum Gasteiger partial charge on any atom is 0.252 e. The van der Waals surface area contributed by atoms with E-state index in [9.17, 15) is 9.59 Å². The molecule has 1 heterocycles. The Kier molecular flexibility index (Phi) is 5.98. The summed E-state index contributed by atoms with van der Waals surface area (Å²) in [5.74, 6) is -0.428. The summed E-state index contributed by atoms with van der Waals surface area (Å²) in [6.45, 7) is 6.31. The average Bonchev–Trinajstić information content (AvgIpc) is 2.87. The van der Waals surface area contributed by atoms with Crippen LogP contribution in [0.5, 0.6) is 5.75 Å². The van der Waals surface area contributed by atoms with Gasteiger partial charge in [0.05, 0.1) is 18.2 Å². The third-order valence-electron chi connectivity index (χ3n) is 4.14. The summed E-state index contributed by atoms with van der Waals surface area (Å²) in [6.07, 6.45) is 0. The van der Waals surface area contributed by atoms with Crippen LogP contribution in [0.3, 0.4) is 0 Å². The van der Waals surface area contributed by atoms with Crippen LogP contribution in [0.4, 0.5) is 0 Å². The Bertz CT molecular complexity index is 780. The van der Waals surface area contributed by atoms with Gasteiger partial charge in [0.2, 0.25) is 5.78 Å². The van der Waals surface area contributed by atoms with Gasteiger partial charge in [0.1, 0.15) is 5.75 Å². The van der Waals surface area contributed by atoms with Gasteiger partial charge in [-0.2, -0.15) is 0 Å². The molecule has 0 aliphatic rings. The smallest absolute Gasteiger partial charge is 0.252 e.